The minimum Gasteiger partial charge on any atom is -0.497 e. The second-order valence-electron chi connectivity index (χ2n) is 9.01. The van der Waals surface area contributed by atoms with Crippen LogP contribution in [-0.4, -0.2) is 47.7 Å². The summed E-state index contributed by atoms with van der Waals surface area (Å²) < 4.78 is 5.34. The minimum atomic E-state index is -0.0536. The Morgan fingerprint density at radius 3 is 2.85 bits per heavy atom. The number of nitrogens with zero attached hydrogens (tertiary/aromatic N) is 2. The number of likely N-dealkylation sites (tertiary alicyclic amines) is 1. The second-order valence-corrected chi connectivity index (χ2v) is 9.44. The van der Waals surface area contributed by atoms with Crippen molar-refractivity contribution in [2.45, 2.75) is 32.2 Å². The number of nitrogens with one attached hydrogen (secondary N) is 2. The molecule has 172 valence electrons. The van der Waals surface area contributed by atoms with Gasteiger partial charge in [-0.05, 0) is 86.1 Å². The number of benzene rings is 2. The Morgan fingerprint density at radius 2 is 2.06 bits per heavy atom. The van der Waals surface area contributed by atoms with Crippen molar-refractivity contribution >= 4 is 17.5 Å². The van der Waals surface area contributed by atoms with Crippen LogP contribution in [0.1, 0.15) is 40.0 Å². The molecule has 0 unspecified atom stereocenters. The summed E-state index contributed by atoms with van der Waals surface area (Å²) >= 11 is 6.11. The number of aromatic nitrogens is 2. The number of rotatable bonds is 6. The van der Waals surface area contributed by atoms with Crippen LogP contribution in [0.5, 0.6) is 5.75 Å². The monoisotopic (exact) mass is 464 g/mol. The molecule has 1 saturated heterocycles. The van der Waals surface area contributed by atoms with Crippen molar-refractivity contribution in [2.75, 3.05) is 26.7 Å². The first-order valence-electron chi connectivity index (χ1n) is 11.6. The SMILES string of the molecule is COc1ccc2c(c1)CCc1c-2n[nH]c1C(=O)NCC1CCN(Cc2cccc(Cl)c2)CC1. The number of aryl methyl sites for hydroxylation is 1. The number of piperidine rings is 1. The Balaban J connectivity index is 1.15. The van der Waals surface area contributed by atoms with Crippen LogP contribution in [0.15, 0.2) is 42.5 Å². The van der Waals surface area contributed by atoms with Crippen LogP contribution in [0.3, 0.4) is 0 Å². The zero-order valence-corrected chi connectivity index (χ0v) is 19.6. The fourth-order valence-corrected chi connectivity index (χ4v) is 5.19. The Labute approximate surface area is 199 Å². The number of carbonyl (C=O) groups excluding carboxylic acids is 1. The average molecular weight is 465 g/mol. The predicted molar refractivity (Wildman–Crippen MR) is 130 cm³/mol. The van der Waals surface area contributed by atoms with Crippen LogP contribution >= 0.6 is 11.6 Å². The third-order valence-corrected chi connectivity index (χ3v) is 7.09. The maximum Gasteiger partial charge on any atom is 0.269 e. The van der Waals surface area contributed by atoms with Crippen molar-refractivity contribution < 1.29 is 9.53 Å². The Bertz CT molecular complexity index is 1150. The van der Waals surface area contributed by atoms with E-state index in [0.29, 0.717) is 18.2 Å². The van der Waals surface area contributed by atoms with E-state index in [0.717, 1.165) is 72.9 Å². The van der Waals surface area contributed by atoms with Crippen molar-refractivity contribution in [3.8, 4) is 17.0 Å². The van der Waals surface area contributed by atoms with Crippen molar-refractivity contribution in [2.24, 2.45) is 5.92 Å². The number of H-pyrrole nitrogens is 1. The molecule has 2 aliphatic rings. The number of carbonyl (C=O) groups is 1. The summed E-state index contributed by atoms with van der Waals surface area (Å²) in [4.78, 5) is 15.4. The predicted octanol–water partition coefficient (Wildman–Crippen LogP) is 4.48. The van der Waals surface area contributed by atoms with Crippen LogP contribution in [0.4, 0.5) is 0 Å². The summed E-state index contributed by atoms with van der Waals surface area (Å²) in [6, 6.07) is 14.1. The standard InChI is InChI=1S/C26H29ClN4O2/c1-33-21-6-8-22-19(14-21)5-7-23-24(22)29-30-25(23)26(32)28-15-17-9-11-31(12-10-17)16-18-3-2-4-20(27)13-18/h2-4,6,8,13-14,17H,5,7,9-12,15-16H2,1H3,(H,28,32)(H,29,30). The third kappa shape index (κ3) is 4.77. The molecular formula is C26H29ClN4O2. The van der Waals surface area contributed by atoms with E-state index in [9.17, 15) is 4.79 Å². The molecule has 0 saturated carbocycles. The first-order chi connectivity index (χ1) is 16.1. The molecule has 1 aliphatic heterocycles. The van der Waals surface area contributed by atoms with Gasteiger partial charge in [-0.3, -0.25) is 14.8 Å². The second kappa shape index (κ2) is 9.57. The molecule has 0 atom stereocenters. The van der Waals surface area contributed by atoms with E-state index in [-0.39, 0.29) is 5.91 Å². The molecule has 0 radical (unpaired) electrons. The number of hydrogen-bond donors (Lipinski definition) is 2. The van der Waals surface area contributed by atoms with Gasteiger partial charge in [0.1, 0.15) is 11.4 Å². The maximum absolute atomic E-state index is 12.9. The van der Waals surface area contributed by atoms with Gasteiger partial charge >= 0.3 is 0 Å². The van der Waals surface area contributed by atoms with Gasteiger partial charge in [0.05, 0.1) is 12.8 Å². The van der Waals surface area contributed by atoms with Gasteiger partial charge in [0, 0.05) is 29.2 Å². The van der Waals surface area contributed by atoms with Gasteiger partial charge < -0.3 is 10.1 Å². The molecule has 3 aromatic rings. The molecule has 2 N–H and O–H groups in total. The average Bonchev–Trinajstić information content (AvgIpc) is 3.28. The van der Waals surface area contributed by atoms with Gasteiger partial charge in [-0.2, -0.15) is 5.10 Å². The molecule has 7 heteroatoms. The topological polar surface area (TPSA) is 70.2 Å². The van der Waals surface area contributed by atoms with Crippen molar-refractivity contribution in [1.29, 1.82) is 0 Å². The first-order valence-corrected chi connectivity index (χ1v) is 12.0. The highest BCUT2D eigenvalue weighted by Gasteiger charge is 2.26. The Hall–Kier alpha value is -2.83. The number of fused-ring (bicyclic) bond motifs is 3. The number of methoxy groups -OCH3 is 1. The van der Waals surface area contributed by atoms with Crippen LogP contribution in [-0.2, 0) is 19.4 Å². The molecule has 1 fully saturated rings. The fourth-order valence-electron chi connectivity index (χ4n) is 4.98. The van der Waals surface area contributed by atoms with Gasteiger partial charge in [-0.15, -0.1) is 0 Å². The molecular weight excluding hydrogens is 436 g/mol. The van der Waals surface area contributed by atoms with E-state index < -0.39 is 0 Å². The summed E-state index contributed by atoms with van der Waals surface area (Å²) in [7, 11) is 1.68. The van der Waals surface area contributed by atoms with Gasteiger partial charge in [-0.25, -0.2) is 0 Å². The van der Waals surface area contributed by atoms with Crippen molar-refractivity contribution in [3.05, 3.63) is 69.9 Å². The molecule has 0 bridgehead atoms. The molecule has 2 heterocycles. The quantitative estimate of drug-likeness (QED) is 0.564. The van der Waals surface area contributed by atoms with E-state index in [1.807, 2.05) is 30.3 Å². The molecule has 1 amide bonds. The van der Waals surface area contributed by atoms with Crippen LogP contribution in [0.25, 0.3) is 11.3 Å². The number of hydrogen-bond acceptors (Lipinski definition) is 4. The van der Waals surface area contributed by atoms with Crippen LogP contribution in [0.2, 0.25) is 5.02 Å². The summed E-state index contributed by atoms with van der Waals surface area (Å²) in [5.74, 6) is 1.29. The Kier molecular flexibility index (Phi) is 6.38. The molecule has 1 aromatic heterocycles. The molecule has 1 aliphatic carbocycles. The molecule has 6 nitrogen and oxygen atoms in total. The molecule has 0 spiro atoms. The number of halogens is 1. The van der Waals surface area contributed by atoms with Gasteiger partial charge in [0.25, 0.3) is 5.91 Å². The number of amides is 1. The lowest BCUT2D eigenvalue weighted by Gasteiger charge is -2.32. The van der Waals surface area contributed by atoms with Crippen molar-refractivity contribution in [3.63, 3.8) is 0 Å². The summed E-state index contributed by atoms with van der Waals surface area (Å²) in [5.41, 5.74) is 6.05. The lowest BCUT2D eigenvalue weighted by Crippen LogP contribution is -2.38. The van der Waals surface area contributed by atoms with Crippen molar-refractivity contribution in [1.82, 2.24) is 20.4 Å². The van der Waals surface area contributed by atoms with E-state index in [4.69, 9.17) is 16.3 Å². The molecule has 2 aromatic carbocycles. The highest BCUT2D eigenvalue weighted by Crippen LogP contribution is 2.35. The summed E-state index contributed by atoms with van der Waals surface area (Å²) in [5, 5.41) is 11.4. The summed E-state index contributed by atoms with van der Waals surface area (Å²) in [6.45, 7) is 3.69. The van der Waals surface area contributed by atoms with Crippen LogP contribution in [0, 0.1) is 5.92 Å². The van der Waals surface area contributed by atoms with E-state index in [2.05, 4.69) is 32.5 Å². The number of ether oxygens (including phenoxy) is 1. The first kappa shape index (κ1) is 22.0. The third-order valence-electron chi connectivity index (χ3n) is 6.86. The zero-order chi connectivity index (χ0) is 22.8. The minimum absolute atomic E-state index is 0.0536. The van der Waals surface area contributed by atoms with Gasteiger partial charge in [0.2, 0.25) is 0 Å². The number of aromatic amines is 1. The van der Waals surface area contributed by atoms with E-state index in [1.165, 1.54) is 11.1 Å². The smallest absolute Gasteiger partial charge is 0.269 e. The highest BCUT2D eigenvalue weighted by molar-refractivity contribution is 6.30. The lowest BCUT2D eigenvalue weighted by atomic mass is 9.88. The zero-order valence-electron chi connectivity index (χ0n) is 18.9. The highest BCUT2D eigenvalue weighted by atomic mass is 35.5. The maximum atomic E-state index is 12.9. The van der Waals surface area contributed by atoms with Gasteiger partial charge in [-0.1, -0.05) is 23.7 Å². The molecule has 5 rings (SSSR count). The van der Waals surface area contributed by atoms with Crippen LogP contribution < -0.4 is 10.1 Å². The fraction of sp³-hybridized carbons (Fsp3) is 0.385. The lowest BCUT2D eigenvalue weighted by molar-refractivity contribution is 0.0929. The normalized spacial score (nSPS) is 16.2. The van der Waals surface area contributed by atoms with E-state index >= 15 is 0 Å². The summed E-state index contributed by atoms with van der Waals surface area (Å²) in [6.07, 6.45) is 3.84. The van der Waals surface area contributed by atoms with E-state index in [1.54, 1.807) is 7.11 Å². The largest absolute Gasteiger partial charge is 0.497 e. The molecule has 33 heavy (non-hydrogen) atoms. The Morgan fingerprint density at radius 1 is 1.21 bits per heavy atom. The van der Waals surface area contributed by atoms with Gasteiger partial charge in [0.15, 0.2) is 0 Å².